The summed E-state index contributed by atoms with van der Waals surface area (Å²) in [7, 11) is 0. The van der Waals surface area contributed by atoms with Crippen LogP contribution in [-0.4, -0.2) is 28.7 Å². The predicted octanol–water partition coefficient (Wildman–Crippen LogP) is 9.16. The van der Waals surface area contributed by atoms with Crippen molar-refractivity contribution in [3.63, 3.8) is 0 Å². The summed E-state index contributed by atoms with van der Waals surface area (Å²) in [4.78, 5) is 14.8. The molecule has 45 heavy (non-hydrogen) atoms. The molecule has 6 heteroatoms. The zero-order valence-electron chi connectivity index (χ0n) is 24.0. The zero-order chi connectivity index (χ0) is 29.5. The van der Waals surface area contributed by atoms with Crippen molar-refractivity contribution in [2.75, 3.05) is 0 Å². The van der Waals surface area contributed by atoms with Gasteiger partial charge >= 0.3 is 0 Å². The SMILES string of the molecule is c1ccc2c(c1)c1ccccc1n2-c1cc(-n2c3cnccc3c3ncccc32)cc(-n2c3ccccc3c3ccccc32)n1. The molecular weight excluding hydrogens is 552 g/mol. The molecule has 0 aliphatic rings. The van der Waals surface area contributed by atoms with Gasteiger partial charge in [-0.25, -0.2) is 4.98 Å². The van der Waals surface area contributed by atoms with Gasteiger partial charge in [-0.05, 0) is 42.5 Å². The molecule has 6 aromatic heterocycles. The largest absolute Gasteiger partial charge is 0.306 e. The molecule has 10 rings (SSSR count). The molecule has 0 unspecified atom stereocenters. The van der Waals surface area contributed by atoms with Crippen molar-refractivity contribution in [3.05, 3.63) is 146 Å². The third-order valence-corrected chi connectivity index (χ3v) is 8.98. The second-order valence-corrected chi connectivity index (χ2v) is 11.4. The Labute approximate surface area is 257 Å². The Kier molecular flexibility index (Phi) is 4.90. The van der Waals surface area contributed by atoms with Gasteiger partial charge in [-0.3, -0.25) is 19.1 Å². The van der Waals surface area contributed by atoms with Crippen LogP contribution in [-0.2, 0) is 0 Å². The summed E-state index contributed by atoms with van der Waals surface area (Å²) in [6, 6.07) is 44.8. The molecule has 0 N–H and O–H groups in total. The van der Waals surface area contributed by atoms with E-state index in [9.17, 15) is 0 Å². The van der Waals surface area contributed by atoms with Crippen LogP contribution >= 0.6 is 0 Å². The Balaban J connectivity index is 1.38. The van der Waals surface area contributed by atoms with Crippen LogP contribution in [0.1, 0.15) is 0 Å². The van der Waals surface area contributed by atoms with Crippen LogP contribution in [0.25, 0.3) is 82.9 Å². The summed E-state index contributed by atoms with van der Waals surface area (Å²) >= 11 is 0. The maximum Gasteiger partial charge on any atom is 0.142 e. The van der Waals surface area contributed by atoms with Crippen LogP contribution < -0.4 is 0 Å². The van der Waals surface area contributed by atoms with Gasteiger partial charge in [0, 0.05) is 51.5 Å². The minimum Gasteiger partial charge on any atom is -0.306 e. The van der Waals surface area contributed by atoms with Crippen molar-refractivity contribution in [2.45, 2.75) is 0 Å². The van der Waals surface area contributed by atoms with Gasteiger partial charge in [0.2, 0.25) is 0 Å². The van der Waals surface area contributed by atoms with E-state index in [-0.39, 0.29) is 0 Å². The summed E-state index contributed by atoms with van der Waals surface area (Å²) in [5.41, 5.74) is 8.41. The molecule has 4 aromatic carbocycles. The van der Waals surface area contributed by atoms with Crippen LogP contribution in [0.5, 0.6) is 0 Å². The lowest BCUT2D eigenvalue weighted by Crippen LogP contribution is -2.06. The zero-order valence-corrected chi connectivity index (χ0v) is 24.0. The maximum absolute atomic E-state index is 5.47. The van der Waals surface area contributed by atoms with Gasteiger partial charge in [0.25, 0.3) is 0 Å². The van der Waals surface area contributed by atoms with E-state index >= 15 is 0 Å². The smallest absolute Gasteiger partial charge is 0.142 e. The monoisotopic (exact) mass is 576 g/mol. The Hall–Kier alpha value is -6.27. The van der Waals surface area contributed by atoms with Gasteiger partial charge in [0.15, 0.2) is 0 Å². The minimum absolute atomic E-state index is 0.838. The Morgan fingerprint density at radius 1 is 0.400 bits per heavy atom. The molecule has 0 amide bonds. The highest BCUT2D eigenvalue weighted by molar-refractivity contribution is 6.11. The molecule has 0 fully saturated rings. The molecule has 0 aliphatic heterocycles. The summed E-state index contributed by atoms with van der Waals surface area (Å²) in [6.07, 6.45) is 5.62. The fraction of sp³-hybridized carbons (Fsp3) is 0. The molecule has 10 aromatic rings. The fourth-order valence-corrected chi connectivity index (χ4v) is 7.14. The lowest BCUT2D eigenvalue weighted by molar-refractivity contribution is 0.996. The highest BCUT2D eigenvalue weighted by Gasteiger charge is 2.20. The first-order valence-electron chi connectivity index (χ1n) is 15.0. The molecule has 0 atom stereocenters. The second kappa shape index (κ2) is 9.11. The Bertz CT molecular complexity index is 2300. The van der Waals surface area contributed by atoms with Crippen molar-refractivity contribution in [2.24, 2.45) is 0 Å². The molecular formula is C39H24N6. The molecule has 6 nitrogen and oxygen atoms in total. The van der Waals surface area contributed by atoms with Gasteiger partial charge in [0.1, 0.15) is 11.6 Å². The minimum atomic E-state index is 0.838. The summed E-state index contributed by atoms with van der Waals surface area (Å²) in [5.74, 6) is 1.68. The lowest BCUT2D eigenvalue weighted by atomic mass is 10.2. The number of hydrogen-bond donors (Lipinski definition) is 0. The van der Waals surface area contributed by atoms with Crippen LogP contribution in [0, 0.1) is 0 Å². The van der Waals surface area contributed by atoms with Gasteiger partial charge in [-0.2, -0.15) is 0 Å². The van der Waals surface area contributed by atoms with Gasteiger partial charge < -0.3 is 4.57 Å². The summed E-state index contributed by atoms with van der Waals surface area (Å²) in [6.45, 7) is 0. The van der Waals surface area contributed by atoms with Crippen molar-refractivity contribution in [1.82, 2.24) is 28.7 Å². The number of rotatable bonds is 3. The predicted molar refractivity (Wildman–Crippen MR) is 183 cm³/mol. The van der Waals surface area contributed by atoms with E-state index in [2.05, 4.69) is 134 Å². The number of aromatic nitrogens is 6. The molecule has 6 heterocycles. The molecule has 0 saturated heterocycles. The number of para-hydroxylation sites is 4. The van der Waals surface area contributed by atoms with Crippen LogP contribution in [0.2, 0.25) is 0 Å². The van der Waals surface area contributed by atoms with Crippen molar-refractivity contribution >= 4 is 65.5 Å². The molecule has 210 valence electrons. The van der Waals surface area contributed by atoms with Crippen LogP contribution in [0.4, 0.5) is 0 Å². The van der Waals surface area contributed by atoms with E-state index in [4.69, 9.17) is 9.97 Å². The normalized spacial score (nSPS) is 12.0. The molecule has 0 bridgehead atoms. The highest BCUT2D eigenvalue weighted by Crippen LogP contribution is 2.37. The molecule has 0 spiro atoms. The van der Waals surface area contributed by atoms with Crippen LogP contribution in [0.15, 0.2) is 146 Å². The quantitative estimate of drug-likeness (QED) is 0.211. The summed E-state index contributed by atoms with van der Waals surface area (Å²) in [5, 5.41) is 5.86. The Morgan fingerprint density at radius 3 is 1.42 bits per heavy atom. The average molecular weight is 577 g/mol. The molecule has 0 aliphatic carbocycles. The van der Waals surface area contributed by atoms with Crippen LogP contribution in [0.3, 0.4) is 0 Å². The van der Waals surface area contributed by atoms with E-state index in [1.54, 1.807) is 0 Å². The topological polar surface area (TPSA) is 53.5 Å². The van der Waals surface area contributed by atoms with Crippen molar-refractivity contribution in [3.8, 4) is 17.3 Å². The number of hydrogen-bond acceptors (Lipinski definition) is 3. The van der Waals surface area contributed by atoms with E-state index in [1.165, 1.54) is 21.5 Å². The van der Waals surface area contributed by atoms with Gasteiger partial charge in [-0.15, -0.1) is 0 Å². The van der Waals surface area contributed by atoms with Crippen molar-refractivity contribution in [1.29, 1.82) is 0 Å². The second-order valence-electron chi connectivity index (χ2n) is 11.4. The van der Waals surface area contributed by atoms with E-state index in [1.807, 2.05) is 30.7 Å². The average Bonchev–Trinajstić information content (AvgIpc) is 3.74. The summed E-state index contributed by atoms with van der Waals surface area (Å²) < 4.78 is 6.84. The first-order valence-corrected chi connectivity index (χ1v) is 15.0. The van der Waals surface area contributed by atoms with E-state index < -0.39 is 0 Å². The first-order chi connectivity index (χ1) is 22.3. The molecule has 0 radical (unpaired) electrons. The standard InChI is InChI=1S/C39H24N6/c1-5-14-31-26(10-1)27-11-2-6-15-32(27)44(31)37-22-25(43-35-18-9-20-41-39(35)30-19-21-40-24-36(30)43)23-38(42-37)45-33-16-7-3-12-28(33)29-13-4-8-17-34(29)45/h1-24H. The third-order valence-electron chi connectivity index (χ3n) is 8.98. The number of fused-ring (bicyclic) bond motifs is 9. The lowest BCUT2D eigenvalue weighted by Gasteiger charge is -2.16. The third kappa shape index (κ3) is 3.36. The first kappa shape index (κ1) is 24.2. The van der Waals surface area contributed by atoms with Gasteiger partial charge in [0.05, 0.1) is 50.5 Å². The number of nitrogens with zero attached hydrogens (tertiary/aromatic N) is 6. The highest BCUT2D eigenvalue weighted by atomic mass is 15.1. The van der Waals surface area contributed by atoms with Gasteiger partial charge in [-0.1, -0.05) is 72.8 Å². The molecule has 0 saturated carbocycles. The number of benzene rings is 4. The van der Waals surface area contributed by atoms with Crippen molar-refractivity contribution < 1.29 is 0 Å². The maximum atomic E-state index is 5.47. The van der Waals surface area contributed by atoms with E-state index in [0.29, 0.717) is 0 Å². The van der Waals surface area contributed by atoms with E-state index in [0.717, 1.165) is 61.3 Å². The fourth-order valence-electron chi connectivity index (χ4n) is 7.14. The Morgan fingerprint density at radius 2 is 0.889 bits per heavy atom. The number of pyridine rings is 3.